The average molecular weight is 462 g/mol. The Kier molecular flexibility index (Phi) is 101. The minimum absolute atomic E-state index is 0. The molecule has 0 aromatic heterocycles. The number of rotatable bonds is 9. The van der Waals surface area contributed by atoms with Crippen LogP contribution in [0.3, 0.4) is 0 Å². The molecule has 0 saturated carbocycles. The van der Waals surface area contributed by atoms with E-state index >= 15 is 0 Å². The second kappa shape index (κ2) is 56.7. The molecule has 0 aromatic rings. The summed E-state index contributed by atoms with van der Waals surface area (Å²) in [4.78, 5) is 0. The third kappa shape index (κ3) is 79.5. The topological polar surface area (TPSA) is 0 Å². The molecular weight excluding hydrogens is 418 g/mol. The third-order valence-electron chi connectivity index (χ3n) is 2.46. The van der Waals surface area contributed by atoms with Gasteiger partial charge in [0, 0.05) is 65.4 Å². The van der Waals surface area contributed by atoms with Crippen molar-refractivity contribution in [3.63, 3.8) is 0 Å². The summed E-state index contributed by atoms with van der Waals surface area (Å²) >= 11 is 0. The first kappa shape index (κ1) is 39.3. The molecule has 0 aliphatic carbocycles. The summed E-state index contributed by atoms with van der Waals surface area (Å²) < 4.78 is 0. The summed E-state index contributed by atoms with van der Waals surface area (Å²) in [6.07, 6.45) is 15.5. The van der Waals surface area contributed by atoms with E-state index in [1.807, 2.05) is 6.92 Å². The van der Waals surface area contributed by atoms with Crippen LogP contribution >= 0.6 is 0 Å². The Balaban J connectivity index is -0.0000000422. The molecule has 0 aliphatic rings. The fourth-order valence-electron chi connectivity index (χ4n) is 1.38. The Morgan fingerprint density at radius 3 is 0.955 bits per heavy atom. The second-order valence-electron chi connectivity index (χ2n) is 4.68. The van der Waals surface area contributed by atoms with Gasteiger partial charge >= 0.3 is 0 Å². The van der Waals surface area contributed by atoms with E-state index in [9.17, 15) is 0 Å². The zero-order valence-electron chi connectivity index (χ0n) is 16.5. The predicted molar refractivity (Wildman–Crippen MR) is 99.5 cm³/mol. The van der Waals surface area contributed by atoms with Crippen molar-refractivity contribution in [2.75, 3.05) is 0 Å². The van der Waals surface area contributed by atoms with E-state index in [0.29, 0.717) is 0 Å². The Hall–Kier alpha value is 2.21. The van der Waals surface area contributed by atoms with Crippen molar-refractivity contribution in [2.24, 2.45) is 0 Å². The van der Waals surface area contributed by atoms with Gasteiger partial charge in [-0.25, -0.2) is 0 Å². The van der Waals surface area contributed by atoms with Gasteiger partial charge in [-0.3, -0.25) is 0 Å². The first-order valence-electron chi connectivity index (χ1n) is 8.83. The van der Waals surface area contributed by atoms with Crippen LogP contribution in [0.1, 0.15) is 105 Å². The molecule has 0 aliphatic heterocycles. The van der Waals surface area contributed by atoms with Gasteiger partial charge in [0.25, 0.3) is 0 Å². The fourth-order valence-corrected chi connectivity index (χ4v) is 1.38. The summed E-state index contributed by atoms with van der Waals surface area (Å²) in [5, 5.41) is 0. The first-order chi connectivity index (χ1) is 9.74. The van der Waals surface area contributed by atoms with Crippen molar-refractivity contribution in [2.45, 2.75) is 105 Å². The maximum absolute atomic E-state index is 3.78. The standard InChI is InChI=1S/C8H17.C7H15.C3H7.C2H5.2Y/c1-3-5-7-8-6-4-2;1-3-5-7-6-4-2;1-3-2;1-2;;/h1,3-8H2,2H3;1,3-7H2,2H3;1,3H2,2H3;1H2,2H3;;/q4*-1;;. The Bertz CT molecular complexity index is 85.7. The number of hydrogen-bond acceptors (Lipinski definition) is 0. The van der Waals surface area contributed by atoms with Crippen LogP contribution in [0.15, 0.2) is 0 Å². The smallest absolute Gasteiger partial charge is 0 e. The monoisotopic (exact) mass is 462 g/mol. The SMILES string of the molecule is [CH2-]C.[CH2-]CC.[CH2-]CCCCCC.[CH2-]CCCCCCC.[Y].[Y]. The van der Waals surface area contributed by atoms with E-state index in [1.54, 1.807) is 6.92 Å². The summed E-state index contributed by atoms with van der Waals surface area (Å²) in [5.74, 6) is 0. The van der Waals surface area contributed by atoms with Gasteiger partial charge in [0.05, 0.1) is 0 Å². The normalized spacial score (nSPS) is 7.64. The Morgan fingerprint density at radius 2 is 0.727 bits per heavy atom. The predicted octanol–water partition coefficient (Wildman–Crippen LogP) is 8.04. The summed E-state index contributed by atoms with van der Waals surface area (Å²) in [6, 6.07) is 0. The summed E-state index contributed by atoms with van der Waals surface area (Å²) in [7, 11) is 0. The quantitative estimate of drug-likeness (QED) is 0.240. The fraction of sp³-hybridized carbons (Fsp3) is 0.800. The molecule has 22 heavy (non-hydrogen) atoms. The van der Waals surface area contributed by atoms with Crippen molar-refractivity contribution < 1.29 is 65.4 Å². The van der Waals surface area contributed by atoms with Crippen LogP contribution in [0, 0.1) is 27.7 Å². The van der Waals surface area contributed by atoms with Crippen LogP contribution in [-0.2, 0) is 65.4 Å². The van der Waals surface area contributed by atoms with Gasteiger partial charge in [-0.15, -0.1) is 0 Å². The van der Waals surface area contributed by atoms with Gasteiger partial charge in [-0.2, -0.15) is 26.2 Å². The van der Waals surface area contributed by atoms with E-state index in [-0.39, 0.29) is 65.4 Å². The molecule has 0 saturated heterocycles. The van der Waals surface area contributed by atoms with Crippen molar-refractivity contribution >= 4 is 0 Å². The Morgan fingerprint density at radius 1 is 0.500 bits per heavy atom. The van der Waals surface area contributed by atoms with Crippen LogP contribution in [-0.4, -0.2) is 0 Å². The van der Waals surface area contributed by atoms with Crippen molar-refractivity contribution in [3.8, 4) is 0 Å². The van der Waals surface area contributed by atoms with E-state index < -0.39 is 0 Å². The zero-order chi connectivity index (χ0) is 16.5. The van der Waals surface area contributed by atoms with Crippen LogP contribution in [0.4, 0.5) is 0 Å². The van der Waals surface area contributed by atoms with E-state index in [1.165, 1.54) is 57.8 Å². The average Bonchev–Trinajstić information content (AvgIpc) is 2.48. The third-order valence-corrected chi connectivity index (χ3v) is 2.46. The van der Waals surface area contributed by atoms with E-state index in [4.69, 9.17) is 0 Å². The number of hydrogen-bond donors (Lipinski definition) is 0. The van der Waals surface area contributed by atoms with E-state index in [2.05, 4.69) is 41.5 Å². The van der Waals surface area contributed by atoms with Crippen LogP contribution < -0.4 is 0 Å². The van der Waals surface area contributed by atoms with Crippen LogP contribution in [0.2, 0.25) is 0 Å². The molecule has 0 fully saturated rings. The van der Waals surface area contributed by atoms with Crippen molar-refractivity contribution in [1.82, 2.24) is 0 Å². The van der Waals surface area contributed by atoms with Gasteiger partial charge in [-0.1, -0.05) is 78.6 Å². The van der Waals surface area contributed by atoms with Gasteiger partial charge in [0.15, 0.2) is 0 Å². The molecule has 0 spiro atoms. The van der Waals surface area contributed by atoms with Crippen LogP contribution in [0.5, 0.6) is 0 Å². The molecule has 0 atom stereocenters. The summed E-state index contributed by atoms with van der Waals surface area (Å²) in [6.45, 7) is 22.5. The van der Waals surface area contributed by atoms with Gasteiger partial charge in [0.2, 0.25) is 0 Å². The minimum atomic E-state index is 0. The molecule has 0 unspecified atom stereocenters. The van der Waals surface area contributed by atoms with Gasteiger partial charge in [0.1, 0.15) is 0 Å². The first-order valence-corrected chi connectivity index (χ1v) is 8.83. The molecule has 134 valence electrons. The molecule has 2 radical (unpaired) electrons. The minimum Gasteiger partial charge on any atom is -0.346 e. The largest absolute Gasteiger partial charge is 0.346 e. The van der Waals surface area contributed by atoms with E-state index in [0.717, 1.165) is 19.3 Å². The molecule has 0 N–H and O–H groups in total. The molecular formula is C20H44Y2-4. The molecule has 0 bridgehead atoms. The molecule has 0 nitrogen and oxygen atoms in total. The number of unbranched alkanes of at least 4 members (excludes halogenated alkanes) is 9. The van der Waals surface area contributed by atoms with Crippen molar-refractivity contribution in [3.05, 3.63) is 27.7 Å². The molecule has 2 heteroatoms. The molecule has 0 amide bonds. The van der Waals surface area contributed by atoms with Gasteiger partial charge in [-0.05, 0) is 0 Å². The Labute approximate surface area is 195 Å². The van der Waals surface area contributed by atoms with Crippen molar-refractivity contribution in [1.29, 1.82) is 0 Å². The van der Waals surface area contributed by atoms with Gasteiger partial charge < -0.3 is 27.7 Å². The maximum Gasteiger partial charge on any atom is 0 e. The molecule has 0 aromatic carbocycles. The summed E-state index contributed by atoms with van der Waals surface area (Å²) in [5.41, 5.74) is 0. The van der Waals surface area contributed by atoms with Crippen LogP contribution in [0.25, 0.3) is 0 Å². The maximum atomic E-state index is 3.78. The molecule has 0 heterocycles. The second-order valence-corrected chi connectivity index (χ2v) is 4.68. The molecule has 0 rings (SSSR count). The zero-order valence-corrected chi connectivity index (χ0v) is 22.1.